The second-order valence-corrected chi connectivity index (χ2v) is 6.08. The van der Waals surface area contributed by atoms with Crippen LogP contribution >= 0.6 is 0 Å². The quantitative estimate of drug-likeness (QED) is 0.851. The maximum absolute atomic E-state index is 4.43. The zero-order chi connectivity index (χ0) is 13.5. The molecule has 0 bridgehead atoms. The van der Waals surface area contributed by atoms with Crippen LogP contribution in [0.15, 0.2) is 30.3 Å². The fourth-order valence-electron chi connectivity index (χ4n) is 2.63. The van der Waals surface area contributed by atoms with Gasteiger partial charge in [-0.3, -0.25) is 0 Å². The molecule has 2 heterocycles. The number of hydrogen-bond acceptors (Lipinski definition) is 3. The van der Waals surface area contributed by atoms with Crippen molar-refractivity contribution in [1.82, 2.24) is 20.1 Å². The van der Waals surface area contributed by atoms with Gasteiger partial charge in [-0.05, 0) is 5.56 Å². The van der Waals surface area contributed by atoms with E-state index in [1.54, 1.807) is 0 Å². The van der Waals surface area contributed by atoms with Crippen molar-refractivity contribution in [3.63, 3.8) is 0 Å². The number of aromatic nitrogens is 3. The monoisotopic (exact) mass is 256 g/mol. The average Bonchev–Trinajstić information content (AvgIpc) is 2.83. The molecule has 1 unspecified atom stereocenters. The molecule has 1 aliphatic rings. The fourth-order valence-corrected chi connectivity index (χ4v) is 2.63. The molecule has 0 fully saturated rings. The minimum atomic E-state index is 0.0316. The Morgan fingerprint density at radius 3 is 2.58 bits per heavy atom. The molecule has 4 nitrogen and oxygen atoms in total. The Balaban J connectivity index is 2.05. The van der Waals surface area contributed by atoms with Crippen molar-refractivity contribution in [3.05, 3.63) is 47.5 Å². The van der Waals surface area contributed by atoms with Gasteiger partial charge in [-0.2, -0.15) is 0 Å². The summed E-state index contributed by atoms with van der Waals surface area (Å²) < 4.78 is 2.27. The molecular formula is C15H20N4. The van der Waals surface area contributed by atoms with Crippen molar-refractivity contribution in [3.8, 4) is 0 Å². The van der Waals surface area contributed by atoms with Crippen LogP contribution in [-0.2, 0) is 12.0 Å². The van der Waals surface area contributed by atoms with E-state index in [-0.39, 0.29) is 11.5 Å². The summed E-state index contributed by atoms with van der Waals surface area (Å²) in [5.41, 5.74) is 1.28. The van der Waals surface area contributed by atoms with E-state index in [4.69, 9.17) is 0 Å². The van der Waals surface area contributed by atoms with Gasteiger partial charge in [0.1, 0.15) is 5.82 Å². The van der Waals surface area contributed by atoms with Crippen LogP contribution in [0.5, 0.6) is 0 Å². The lowest BCUT2D eigenvalue weighted by Crippen LogP contribution is -2.36. The van der Waals surface area contributed by atoms with Crippen molar-refractivity contribution in [2.75, 3.05) is 6.54 Å². The molecular weight excluding hydrogens is 236 g/mol. The van der Waals surface area contributed by atoms with E-state index in [9.17, 15) is 0 Å². The highest BCUT2D eigenvalue weighted by Gasteiger charge is 2.30. The van der Waals surface area contributed by atoms with Gasteiger partial charge >= 0.3 is 0 Å². The number of fused-ring (bicyclic) bond motifs is 1. The summed E-state index contributed by atoms with van der Waals surface area (Å²) in [6.07, 6.45) is 0. The van der Waals surface area contributed by atoms with Crippen molar-refractivity contribution in [2.45, 2.75) is 38.8 Å². The molecule has 0 spiro atoms. The lowest BCUT2D eigenvalue weighted by molar-refractivity contribution is 0.420. The summed E-state index contributed by atoms with van der Waals surface area (Å²) in [6, 6.07) is 10.6. The highest BCUT2D eigenvalue weighted by Crippen LogP contribution is 2.28. The van der Waals surface area contributed by atoms with E-state index in [0.717, 1.165) is 24.7 Å². The summed E-state index contributed by atoms with van der Waals surface area (Å²) in [5, 5.41) is 12.4. The highest BCUT2D eigenvalue weighted by molar-refractivity contribution is 5.26. The first-order valence-electron chi connectivity index (χ1n) is 6.79. The van der Waals surface area contributed by atoms with E-state index in [1.807, 2.05) is 6.07 Å². The predicted molar refractivity (Wildman–Crippen MR) is 75.0 cm³/mol. The molecule has 1 aliphatic heterocycles. The first-order valence-corrected chi connectivity index (χ1v) is 6.79. The average molecular weight is 256 g/mol. The largest absolute Gasteiger partial charge is 0.312 e. The van der Waals surface area contributed by atoms with Crippen molar-refractivity contribution >= 4 is 0 Å². The van der Waals surface area contributed by atoms with Crippen LogP contribution in [0.1, 0.15) is 44.0 Å². The van der Waals surface area contributed by atoms with Gasteiger partial charge in [-0.15, -0.1) is 10.2 Å². The van der Waals surface area contributed by atoms with Crippen LogP contribution in [0.2, 0.25) is 0 Å². The Bertz CT molecular complexity index is 566. The standard InChI is InChI=1S/C15H20N4/c1-15(2,3)14-18-17-13-12(16-9-10-19(13)14)11-7-5-4-6-8-11/h4-8,12,16H,9-10H2,1-3H3. The predicted octanol–water partition coefficient (Wildman–Crippen LogP) is 2.27. The highest BCUT2D eigenvalue weighted by atomic mass is 15.3. The normalized spacial score (nSPS) is 19.2. The lowest BCUT2D eigenvalue weighted by Gasteiger charge is -2.28. The second kappa shape index (κ2) is 4.46. The van der Waals surface area contributed by atoms with Gasteiger partial charge in [0.05, 0.1) is 6.04 Å². The number of nitrogens with one attached hydrogen (secondary N) is 1. The summed E-state index contributed by atoms with van der Waals surface area (Å²) in [6.45, 7) is 8.45. The van der Waals surface area contributed by atoms with Gasteiger partial charge in [0.15, 0.2) is 5.82 Å². The summed E-state index contributed by atoms with van der Waals surface area (Å²) in [4.78, 5) is 0. The number of rotatable bonds is 1. The van der Waals surface area contributed by atoms with Crippen LogP contribution in [0.4, 0.5) is 0 Å². The number of nitrogens with zero attached hydrogens (tertiary/aromatic N) is 3. The van der Waals surface area contributed by atoms with E-state index >= 15 is 0 Å². The summed E-state index contributed by atoms with van der Waals surface area (Å²) in [7, 11) is 0. The first-order chi connectivity index (χ1) is 9.07. The molecule has 0 radical (unpaired) electrons. The van der Waals surface area contributed by atoms with Gasteiger partial charge in [0, 0.05) is 18.5 Å². The molecule has 1 atom stereocenters. The molecule has 4 heteroatoms. The molecule has 1 aromatic heterocycles. The molecule has 100 valence electrons. The smallest absolute Gasteiger partial charge is 0.154 e. The van der Waals surface area contributed by atoms with Gasteiger partial charge in [-0.25, -0.2) is 0 Å². The topological polar surface area (TPSA) is 42.7 Å². The fraction of sp³-hybridized carbons (Fsp3) is 0.467. The number of benzene rings is 1. The molecule has 19 heavy (non-hydrogen) atoms. The van der Waals surface area contributed by atoms with Crippen LogP contribution in [0.25, 0.3) is 0 Å². The Morgan fingerprint density at radius 1 is 1.16 bits per heavy atom. The first kappa shape index (κ1) is 12.4. The van der Waals surface area contributed by atoms with E-state index in [1.165, 1.54) is 5.56 Å². The van der Waals surface area contributed by atoms with E-state index in [2.05, 4.69) is 65.1 Å². The molecule has 0 amide bonds. The molecule has 1 aromatic carbocycles. The Hall–Kier alpha value is -1.68. The lowest BCUT2D eigenvalue weighted by atomic mass is 9.95. The summed E-state index contributed by atoms with van der Waals surface area (Å²) >= 11 is 0. The van der Waals surface area contributed by atoms with Crippen molar-refractivity contribution < 1.29 is 0 Å². The Morgan fingerprint density at radius 2 is 1.89 bits per heavy atom. The maximum atomic E-state index is 4.43. The minimum Gasteiger partial charge on any atom is -0.312 e. The second-order valence-electron chi connectivity index (χ2n) is 6.08. The molecule has 2 aromatic rings. The molecule has 3 rings (SSSR count). The van der Waals surface area contributed by atoms with Gasteiger partial charge in [0.2, 0.25) is 0 Å². The van der Waals surface area contributed by atoms with Gasteiger partial charge < -0.3 is 9.88 Å². The third kappa shape index (κ3) is 2.16. The Kier molecular flexibility index (Phi) is 2.90. The zero-order valence-corrected chi connectivity index (χ0v) is 11.7. The number of hydrogen-bond donors (Lipinski definition) is 1. The molecule has 0 saturated carbocycles. The van der Waals surface area contributed by atoms with Crippen LogP contribution < -0.4 is 5.32 Å². The summed E-state index contributed by atoms with van der Waals surface area (Å²) in [5.74, 6) is 2.10. The molecule has 0 aliphatic carbocycles. The third-order valence-corrected chi connectivity index (χ3v) is 3.53. The van der Waals surface area contributed by atoms with Crippen molar-refractivity contribution in [1.29, 1.82) is 0 Å². The van der Waals surface area contributed by atoms with Crippen molar-refractivity contribution in [2.24, 2.45) is 0 Å². The minimum absolute atomic E-state index is 0.0316. The van der Waals surface area contributed by atoms with Crippen LogP contribution in [0.3, 0.4) is 0 Å². The molecule has 0 saturated heterocycles. The van der Waals surface area contributed by atoms with E-state index < -0.39 is 0 Å². The maximum Gasteiger partial charge on any atom is 0.154 e. The van der Waals surface area contributed by atoms with Crippen LogP contribution in [-0.4, -0.2) is 21.3 Å². The van der Waals surface area contributed by atoms with Gasteiger partial charge in [-0.1, -0.05) is 51.1 Å². The van der Waals surface area contributed by atoms with Crippen LogP contribution in [0, 0.1) is 0 Å². The SMILES string of the molecule is CC(C)(C)c1nnc2n1CCNC2c1ccccc1. The zero-order valence-electron chi connectivity index (χ0n) is 11.7. The molecule has 1 N–H and O–H groups in total. The van der Waals surface area contributed by atoms with Gasteiger partial charge in [0.25, 0.3) is 0 Å². The third-order valence-electron chi connectivity index (χ3n) is 3.53. The Labute approximate surface area is 113 Å². The van der Waals surface area contributed by atoms with E-state index in [0.29, 0.717) is 0 Å².